The number of nitrogens with one attached hydrogen (secondary N) is 1. The molecule has 1 aliphatic rings. The number of nitrogens with two attached hydrogens (primary N) is 1. The van der Waals surface area contributed by atoms with Crippen LogP contribution in [-0.2, 0) is 4.79 Å². The van der Waals surface area contributed by atoms with Crippen molar-refractivity contribution in [3.63, 3.8) is 0 Å². The van der Waals surface area contributed by atoms with Gasteiger partial charge in [-0.25, -0.2) is 8.78 Å². The normalized spacial score (nSPS) is 15.8. The number of carbonyl (C=O) groups excluding carboxylic acids is 2. The van der Waals surface area contributed by atoms with Crippen LogP contribution >= 0.6 is 11.8 Å². The second-order valence-corrected chi connectivity index (χ2v) is 6.47. The first-order chi connectivity index (χ1) is 12.4. The van der Waals surface area contributed by atoms with Gasteiger partial charge < -0.3 is 10.2 Å². The fourth-order valence-electron chi connectivity index (χ4n) is 2.55. The van der Waals surface area contributed by atoms with Crippen molar-refractivity contribution in [2.75, 3.05) is 5.73 Å². The molecule has 1 aromatic carbocycles. The first-order valence-corrected chi connectivity index (χ1v) is 8.11. The molecule has 0 bridgehead atoms. The minimum Gasteiger partial charge on any atom is -0.456 e. The summed E-state index contributed by atoms with van der Waals surface area (Å²) < 4.78 is 33.3. The van der Waals surface area contributed by atoms with Gasteiger partial charge in [0.15, 0.2) is 0 Å². The van der Waals surface area contributed by atoms with E-state index in [4.69, 9.17) is 10.2 Å². The van der Waals surface area contributed by atoms with Crippen molar-refractivity contribution in [3.8, 4) is 11.1 Å². The van der Waals surface area contributed by atoms with Crippen LogP contribution in [0.25, 0.3) is 28.2 Å². The van der Waals surface area contributed by atoms with Gasteiger partial charge in [0.1, 0.15) is 28.7 Å². The van der Waals surface area contributed by atoms with Crippen molar-refractivity contribution in [1.29, 1.82) is 0 Å². The molecule has 0 saturated carbocycles. The number of amides is 2. The molecule has 0 aliphatic carbocycles. The molecule has 4 rings (SSSR count). The molecule has 1 saturated heterocycles. The number of imide groups is 1. The summed E-state index contributed by atoms with van der Waals surface area (Å²) in [5.74, 6) is -1.98. The number of halogens is 2. The van der Waals surface area contributed by atoms with Gasteiger partial charge in [0.05, 0.1) is 4.91 Å². The second kappa shape index (κ2) is 5.95. The summed E-state index contributed by atoms with van der Waals surface area (Å²) in [5.41, 5.74) is 5.65. The standard InChI is InChI=1S/C17H9F2N3O3S/c18-11-2-7(3-12(19)14(11)20)10-6-21-5-8-1-9(25-15(8)10)4-13-16(23)22-17(24)26-13/h1-6H,20H2,(H,22,23,24)/b13-4-. The predicted octanol–water partition coefficient (Wildman–Crippen LogP) is 3.68. The Kier molecular flexibility index (Phi) is 3.73. The second-order valence-electron chi connectivity index (χ2n) is 5.46. The van der Waals surface area contributed by atoms with Crippen LogP contribution in [0.15, 0.2) is 39.9 Å². The van der Waals surface area contributed by atoms with E-state index in [0.717, 1.165) is 23.9 Å². The van der Waals surface area contributed by atoms with Crippen molar-refractivity contribution in [2.24, 2.45) is 0 Å². The molecule has 1 aliphatic heterocycles. The highest BCUT2D eigenvalue weighted by molar-refractivity contribution is 8.18. The molecule has 3 N–H and O–H groups in total. The van der Waals surface area contributed by atoms with Gasteiger partial charge in [0.2, 0.25) is 0 Å². The van der Waals surface area contributed by atoms with E-state index < -0.39 is 28.5 Å². The van der Waals surface area contributed by atoms with Crippen molar-refractivity contribution < 1.29 is 22.8 Å². The number of thioether (sulfide) groups is 1. The minimum atomic E-state index is -0.886. The number of fused-ring (bicyclic) bond motifs is 1. The number of nitrogens with zero attached hydrogens (tertiary/aromatic N) is 1. The fraction of sp³-hybridized carbons (Fsp3) is 0. The highest BCUT2D eigenvalue weighted by atomic mass is 32.2. The maximum atomic E-state index is 13.8. The lowest BCUT2D eigenvalue weighted by Crippen LogP contribution is -2.17. The number of rotatable bonds is 2. The monoisotopic (exact) mass is 373 g/mol. The SMILES string of the molecule is Nc1c(F)cc(-c2cncc3cc(/C=C4\SC(=O)NC4=O)oc23)cc1F. The van der Waals surface area contributed by atoms with Crippen LogP contribution in [0.1, 0.15) is 5.76 Å². The van der Waals surface area contributed by atoms with E-state index in [0.29, 0.717) is 22.3 Å². The largest absolute Gasteiger partial charge is 0.456 e. The van der Waals surface area contributed by atoms with E-state index in [2.05, 4.69) is 10.3 Å². The first kappa shape index (κ1) is 16.3. The van der Waals surface area contributed by atoms with Crippen LogP contribution in [0.4, 0.5) is 19.3 Å². The summed E-state index contributed by atoms with van der Waals surface area (Å²) in [5, 5.41) is 2.25. The van der Waals surface area contributed by atoms with E-state index in [1.165, 1.54) is 18.5 Å². The summed E-state index contributed by atoms with van der Waals surface area (Å²) in [4.78, 5) is 27.1. The smallest absolute Gasteiger partial charge is 0.290 e. The lowest BCUT2D eigenvalue weighted by atomic mass is 10.1. The first-order valence-electron chi connectivity index (χ1n) is 7.29. The van der Waals surface area contributed by atoms with Gasteiger partial charge in [0.25, 0.3) is 11.1 Å². The number of nitrogen functional groups attached to an aromatic ring is 1. The van der Waals surface area contributed by atoms with Gasteiger partial charge in [0, 0.05) is 29.4 Å². The Labute approximate surface area is 149 Å². The Morgan fingerprint density at radius 2 is 1.88 bits per heavy atom. The van der Waals surface area contributed by atoms with Crippen LogP contribution in [0.2, 0.25) is 0 Å². The van der Waals surface area contributed by atoms with Gasteiger partial charge >= 0.3 is 0 Å². The molecule has 0 atom stereocenters. The molecular formula is C17H9F2N3O3S. The number of anilines is 1. The topological polar surface area (TPSA) is 98.2 Å². The third-order valence-corrected chi connectivity index (χ3v) is 4.56. The summed E-state index contributed by atoms with van der Waals surface area (Å²) in [6.45, 7) is 0. The molecule has 130 valence electrons. The highest BCUT2D eigenvalue weighted by Gasteiger charge is 2.25. The maximum absolute atomic E-state index is 13.8. The minimum absolute atomic E-state index is 0.188. The van der Waals surface area contributed by atoms with E-state index in [1.807, 2.05) is 0 Å². The van der Waals surface area contributed by atoms with Gasteiger partial charge in [-0.3, -0.25) is 19.9 Å². The molecule has 26 heavy (non-hydrogen) atoms. The van der Waals surface area contributed by atoms with Crippen LogP contribution in [-0.4, -0.2) is 16.1 Å². The lowest BCUT2D eigenvalue weighted by molar-refractivity contribution is -0.115. The van der Waals surface area contributed by atoms with E-state index in [1.54, 1.807) is 6.07 Å². The molecule has 3 heterocycles. The zero-order valence-corrected chi connectivity index (χ0v) is 13.7. The Morgan fingerprint density at radius 3 is 2.54 bits per heavy atom. The summed E-state index contributed by atoms with van der Waals surface area (Å²) in [6.07, 6.45) is 4.34. The van der Waals surface area contributed by atoms with Gasteiger partial charge in [-0.15, -0.1) is 0 Å². The van der Waals surface area contributed by atoms with Gasteiger partial charge in [-0.05, 0) is 35.5 Å². The zero-order valence-electron chi connectivity index (χ0n) is 12.9. The average Bonchev–Trinajstić information content (AvgIpc) is 3.14. The quantitative estimate of drug-likeness (QED) is 0.525. The lowest BCUT2D eigenvalue weighted by Gasteiger charge is -2.05. The van der Waals surface area contributed by atoms with Crippen molar-refractivity contribution >= 4 is 45.6 Å². The third-order valence-electron chi connectivity index (χ3n) is 3.75. The molecule has 3 aromatic rings. The van der Waals surface area contributed by atoms with E-state index in [-0.39, 0.29) is 10.5 Å². The Bertz CT molecular complexity index is 1100. The van der Waals surface area contributed by atoms with Gasteiger partial charge in [-0.2, -0.15) is 0 Å². The molecule has 2 amide bonds. The Hall–Kier alpha value is -3.20. The number of aromatic nitrogens is 1. The van der Waals surface area contributed by atoms with Crippen molar-refractivity contribution in [3.05, 3.63) is 52.9 Å². The van der Waals surface area contributed by atoms with E-state index >= 15 is 0 Å². The maximum Gasteiger partial charge on any atom is 0.290 e. The van der Waals surface area contributed by atoms with Crippen LogP contribution < -0.4 is 11.1 Å². The molecule has 0 radical (unpaired) electrons. The number of pyridine rings is 1. The van der Waals surface area contributed by atoms with E-state index in [9.17, 15) is 18.4 Å². The van der Waals surface area contributed by atoms with Crippen molar-refractivity contribution in [2.45, 2.75) is 0 Å². The highest BCUT2D eigenvalue weighted by Crippen LogP contribution is 2.34. The van der Waals surface area contributed by atoms with Crippen molar-refractivity contribution in [1.82, 2.24) is 10.3 Å². The molecule has 6 nitrogen and oxygen atoms in total. The predicted molar refractivity (Wildman–Crippen MR) is 92.9 cm³/mol. The summed E-state index contributed by atoms with van der Waals surface area (Å²) >= 11 is 0.757. The molecule has 0 unspecified atom stereocenters. The number of furan rings is 1. The van der Waals surface area contributed by atoms with Crippen LogP contribution in [0.3, 0.4) is 0 Å². The fourth-order valence-corrected chi connectivity index (χ4v) is 3.21. The number of hydrogen-bond donors (Lipinski definition) is 2. The molecule has 9 heteroatoms. The van der Waals surface area contributed by atoms with Crippen LogP contribution in [0.5, 0.6) is 0 Å². The summed E-state index contributed by atoms with van der Waals surface area (Å²) in [7, 11) is 0. The number of carbonyl (C=O) groups is 2. The molecule has 0 spiro atoms. The summed E-state index contributed by atoms with van der Waals surface area (Å²) in [6, 6.07) is 3.79. The Balaban J connectivity index is 1.83. The van der Waals surface area contributed by atoms with Crippen LogP contribution in [0, 0.1) is 11.6 Å². The molecule has 1 fully saturated rings. The molecular weight excluding hydrogens is 364 g/mol. The number of benzene rings is 1. The third kappa shape index (κ3) is 2.72. The average molecular weight is 373 g/mol. The number of hydrogen-bond acceptors (Lipinski definition) is 6. The van der Waals surface area contributed by atoms with Gasteiger partial charge in [-0.1, -0.05) is 0 Å². The molecule has 2 aromatic heterocycles. The Morgan fingerprint density at radius 1 is 1.15 bits per heavy atom. The zero-order chi connectivity index (χ0) is 18.4.